The molecule has 0 spiro atoms. The van der Waals surface area contributed by atoms with E-state index in [0.717, 1.165) is 29.5 Å². The molecular formula is C12H18N4S. The molecule has 0 radical (unpaired) electrons. The number of nitrogens with zero attached hydrogens (tertiary/aromatic N) is 3. The molecular weight excluding hydrogens is 232 g/mol. The van der Waals surface area contributed by atoms with Gasteiger partial charge in [-0.05, 0) is 6.92 Å². The normalized spacial score (nSPS) is 11.3. The number of rotatable bonds is 5. The average molecular weight is 250 g/mol. The fraction of sp³-hybridized carbons (Fsp3) is 0.500. The van der Waals surface area contributed by atoms with Crippen molar-refractivity contribution in [1.82, 2.24) is 19.9 Å². The van der Waals surface area contributed by atoms with Crippen molar-refractivity contribution in [3.63, 3.8) is 0 Å². The van der Waals surface area contributed by atoms with Crippen LogP contribution in [0, 0.1) is 6.92 Å². The Morgan fingerprint density at radius 2 is 2.29 bits per heavy atom. The van der Waals surface area contributed by atoms with Gasteiger partial charge in [0.1, 0.15) is 5.01 Å². The standard InChI is InChI=1S/C12H18N4S/c1-9(2)13-4-11-5-16(8-14-11)6-12-15-10(3)7-17-12/h5,7-9,13H,4,6H2,1-3H3. The number of thiazole rings is 1. The van der Waals surface area contributed by atoms with Crippen LogP contribution in [0.2, 0.25) is 0 Å². The molecule has 0 atom stereocenters. The number of hydrogen-bond donors (Lipinski definition) is 1. The number of nitrogens with one attached hydrogen (secondary N) is 1. The van der Waals surface area contributed by atoms with E-state index >= 15 is 0 Å². The second kappa shape index (κ2) is 5.42. The minimum atomic E-state index is 0.488. The summed E-state index contributed by atoms with van der Waals surface area (Å²) in [4.78, 5) is 8.81. The van der Waals surface area contributed by atoms with E-state index in [9.17, 15) is 0 Å². The zero-order chi connectivity index (χ0) is 12.3. The first-order valence-electron chi connectivity index (χ1n) is 5.78. The molecule has 0 saturated carbocycles. The topological polar surface area (TPSA) is 42.7 Å². The Labute approximate surface area is 106 Å². The molecule has 4 nitrogen and oxygen atoms in total. The summed E-state index contributed by atoms with van der Waals surface area (Å²) in [5, 5.41) is 6.56. The first-order valence-corrected chi connectivity index (χ1v) is 6.66. The first kappa shape index (κ1) is 12.3. The van der Waals surface area contributed by atoms with Crippen molar-refractivity contribution in [2.24, 2.45) is 0 Å². The van der Waals surface area contributed by atoms with Gasteiger partial charge < -0.3 is 9.88 Å². The van der Waals surface area contributed by atoms with Crippen molar-refractivity contribution in [1.29, 1.82) is 0 Å². The van der Waals surface area contributed by atoms with Crippen LogP contribution in [0.3, 0.4) is 0 Å². The molecule has 2 aromatic heterocycles. The van der Waals surface area contributed by atoms with E-state index in [1.165, 1.54) is 0 Å². The molecule has 92 valence electrons. The maximum absolute atomic E-state index is 4.44. The second-order valence-electron chi connectivity index (χ2n) is 4.46. The van der Waals surface area contributed by atoms with Gasteiger partial charge in [-0.2, -0.15) is 0 Å². The van der Waals surface area contributed by atoms with Gasteiger partial charge in [0, 0.05) is 29.9 Å². The van der Waals surface area contributed by atoms with E-state index < -0.39 is 0 Å². The molecule has 0 aliphatic heterocycles. The van der Waals surface area contributed by atoms with Gasteiger partial charge in [-0.3, -0.25) is 0 Å². The van der Waals surface area contributed by atoms with E-state index in [4.69, 9.17) is 0 Å². The molecule has 2 heterocycles. The predicted molar refractivity (Wildman–Crippen MR) is 70.2 cm³/mol. The fourth-order valence-corrected chi connectivity index (χ4v) is 2.30. The van der Waals surface area contributed by atoms with Crippen LogP contribution in [0.1, 0.15) is 30.2 Å². The van der Waals surface area contributed by atoms with Crippen LogP contribution in [-0.2, 0) is 13.1 Å². The highest BCUT2D eigenvalue weighted by molar-refractivity contribution is 7.09. The van der Waals surface area contributed by atoms with E-state index in [-0.39, 0.29) is 0 Å². The molecule has 1 N–H and O–H groups in total. The van der Waals surface area contributed by atoms with Crippen LogP contribution in [0.5, 0.6) is 0 Å². The van der Waals surface area contributed by atoms with Gasteiger partial charge in [0.25, 0.3) is 0 Å². The molecule has 2 aromatic rings. The molecule has 2 rings (SSSR count). The molecule has 0 fully saturated rings. The maximum atomic E-state index is 4.44. The zero-order valence-electron chi connectivity index (χ0n) is 10.5. The average Bonchev–Trinajstić information content (AvgIpc) is 2.86. The molecule has 0 saturated heterocycles. The Balaban J connectivity index is 1.94. The Hall–Kier alpha value is -1.20. The lowest BCUT2D eigenvalue weighted by molar-refractivity contribution is 0.582. The van der Waals surface area contributed by atoms with Crippen molar-refractivity contribution >= 4 is 11.3 Å². The van der Waals surface area contributed by atoms with Crippen LogP contribution < -0.4 is 5.32 Å². The van der Waals surface area contributed by atoms with E-state index in [1.54, 1.807) is 11.3 Å². The Morgan fingerprint density at radius 3 is 2.94 bits per heavy atom. The minimum absolute atomic E-state index is 0.488. The fourth-order valence-electron chi connectivity index (χ4n) is 1.52. The summed E-state index contributed by atoms with van der Waals surface area (Å²) >= 11 is 1.70. The summed E-state index contributed by atoms with van der Waals surface area (Å²) in [5.74, 6) is 0. The zero-order valence-corrected chi connectivity index (χ0v) is 11.3. The van der Waals surface area contributed by atoms with Gasteiger partial charge in [-0.15, -0.1) is 11.3 Å². The number of aromatic nitrogens is 3. The van der Waals surface area contributed by atoms with Crippen molar-refractivity contribution in [3.8, 4) is 0 Å². The highest BCUT2D eigenvalue weighted by atomic mass is 32.1. The van der Waals surface area contributed by atoms with Gasteiger partial charge >= 0.3 is 0 Å². The number of imidazole rings is 1. The predicted octanol–water partition coefficient (Wildman–Crippen LogP) is 2.19. The Morgan fingerprint density at radius 1 is 1.47 bits per heavy atom. The molecule has 0 bridgehead atoms. The van der Waals surface area contributed by atoms with Crippen LogP contribution >= 0.6 is 11.3 Å². The molecule has 5 heteroatoms. The first-order chi connectivity index (χ1) is 8.13. The van der Waals surface area contributed by atoms with E-state index in [0.29, 0.717) is 6.04 Å². The molecule has 0 aliphatic rings. The monoisotopic (exact) mass is 250 g/mol. The Bertz CT molecular complexity index is 472. The van der Waals surface area contributed by atoms with E-state index in [2.05, 4.69) is 45.3 Å². The van der Waals surface area contributed by atoms with Gasteiger partial charge in [0.05, 0.1) is 18.6 Å². The van der Waals surface area contributed by atoms with Crippen LogP contribution in [0.15, 0.2) is 17.9 Å². The van der Waals surface area contributed by atoms with E-state index in [1.807, 2.05) is 13.3 Å². The summed E-state index contributed by atoms with van der Waals surface area (Å²) < 4.78 is 2.08. The summed E-state index contributed by atoms with van der Waals surface area (Å²) in [7, 11) is 0. The quantitative estimate of drug-likeness (QED) is 0.884. The van der Waals surface area contributed by atoms with Crippen LogP contribution in [0.25, 0.3) is 0 Å². The highest BCUT2D eigenvalue weighted by Crippen LogP contribution is 2.10. The van der Waals surface area contributed by atoms with Gasteiger partial charge in [-0.1, -0.05) is 13.8 Å². The largest absolute Gasteiger partial charge is 0.330 e. The summed E-state index contributed by atoms with van der Waals surface area (Å²) in [6.45, 7) is 7.92. The highest BCUT2D eigenvalue weighted by Gasteiger charge is 2.03. The molecule has 17 heavy (non-hydrogen) atoms. The number of hydrogen-bond acceptors (Lipinski definition) is 4. The molecule has 0 unspecified atom stereocenters. The van der Waals surface area contributed by atoms with Gasteiger partial charge in [0.2, 0.25) is 0 Å². The van der Waals surface area contributed by atoms with Gasteiger partial charge in [0.15, 0.2) is 0 Å². The van der Waals surface area contributed by atoms with Gasteiger partial charge in [-0.25, -0.2) is 9.97 Å². The SMILES string of the molecule is Cc1csc(Cn2cnc(CNC(C)C)c2)n1. The lowest BCUT2D eigenvalue weighted by Crippen LogP contribution is -2.21. The molecule has 0 aromatic carbocycles. The van der Waals surface area contributed by atoms with Crippen LogP contribution in [0.4, 0.5) is 0 Å². The summed E-state index contributed by atoms with van der Waals surface area (Å²) in [5.41, 5.74) is 2.17. The van der Waals surface area contributed by atoms with Crippen molar-refractivity contribution in [2.75, 3.05) is 0 Å². The minimum Gasteiger partial charge on any atom is -0.330 e. The van der Waals surface area contributed by atoms with Crippen molar-refractivity contribution in [2.45, 2.75) is 39.9 Å². The Kier molecular flexibility index (Phi) is 3.91. The summed E-state index contributed by atoms with van der Waals surface area (Å²) in [6.07, 6.45) is 3.94. The third-order valence-electron chi connectivity index (χ3n) is 2.36. The molecule has 0 amide bonds. The van der Waals surface area contributed by atoms with Crippen molar-refractivity contribution < 1.29 is 0 Å². The molecule has 0 aliphatic carbocycles. The summed E-state index contributed by atoms with van der Waals surface area (Å²) in [6, 6.07) is 0.488. The van der Waals surface area contributed by atoms with Crippen LogP contribution in [-0.4, -0.2) is 20.6 Å². The van der Waals surface area contributed by atoms with Crippen molar-refractivity contribution in [3.05, 3.63) is 34.3 Å². The number of aryl methyl sites for hydroxylation is 1. The third-order valence-corrected chi connectivity index (χ3v) is 3.31. The smallest absolute Gasteiger partial charge is 0.113 e. The third kappa shape index (κ3) is 3.64. The second-order valence-corrected chi connectivity index (χ2v) is 5.40. The maximum Gasteiger partial charge on any atom is 0.113 e. The lowest BCUT2D eigenvalue weighted by atomic mass is 10.3. The lowest BCUT2D eigenvalue weighted by Gasteiger charge is -2.04.